The number of fused-ring (bicyclic) bond motifs is 1. The molecular formula is C20H25ClN4OS. The molecule has 1 saturated heterocycles. The summed E-state index contributed by atoms with van der Waals surface area (Å²) in [6.45, 7) is 2.47. The lowest BCUT2D eigenvalue weighted by Crippen LogP contribution is -2.40. The number of likely N-dealkylation sites (tertiary alicyclic amines) is 1. The third-order valence-corrected chi connectivity index (χ3v) is 6.67. The molecule has 2 aliphatic heterocycles. The summed E-state index contributed by atoms with van der Waals surface area (Å²) in [5.74, 6) is 2.45. The molecule has 0 saturated carbocycles. The standard InChI is InChI=1S/C20H25ClN4OS/c1-27-15-8-9-17(21)16(12-15)20(26)24-10-5-6-14(13-24)19-23-22-18-7-3-2-4-11-25(18)19/h8-9,12,14H,2-7,10-11,13H2,1H3. The van der Waals surface area contributed by atoms with Gasteiger partial charge in [-0.25, -0.2) is 0 Å². The van der Waals surface area contributed by atoms with Crippen molar-refractivity contribution in [3.05, 3.63) is 40.4 Å². The Morgan fingerprint density at radius 1 is 1.19 bits per heavy atom. The SMILES string of the molecule is CSc1ccc(Cl)c(C(=O)N2CCCC(c3nnc4n3CCCCC4)C2)c1. The molecule has 5 nitrogen and oxygen atoms in total. The summed E-state index contributed by atoms with van der Waals surface area (Å²) >= 11 is 7.95. The zero-order chi connectivity index (χ0) is 18.8. The highest BCUT2D eigenvalue weighted by molar-refractivity contribution is 7.98. The lowest BCUT2D eigenvalue weighted by Gasteiger charge is -2.32. The van der Waals surface area contributed by atoms with Crippen LogP contribution < -0.4 is 0 Å². The Labute approximate surface area is 169 Å². The molecule has 2 aliphatic rings. The van der Waals surface area contributed by atoms with Crippen LogP contribution >= 0.6 is 23.4 Å². The number of benzene rings is 1. The molecule has 3 heterocycles. The molecule has 0 radical (unpaired) electrons. The number of nitrogens with zero attached hydrogens (tertiary/aromatic N) is 4. The maximum atomic E-state index is 13.1. The van der Waals surface area contributed by atoms with Crippen LogP contribution in [0.15, 0.2) is 23.1 Å². The van der Waals surface area contributed by atoms with E-state index >= 15 is 0 Å². The number of aromatic nitrogens is 3. The van der Waals surface area contributed by atoms with E-state index < -0.39 is 0 Å². The normalized spacial score (nSPS) is 20.2. The quantitative estimate of drug-likeness (QED) is 0.711. The molecule has 1 unspecified atom stereocenters. The van der Waals surface area contributed by atoms with Gasteiger partial charge in [-0.1, -0.05) is 18.0 Å². The van der Waals surface area contributed by atoms with E-state index in [9.17, 15) is 4.79 Å². The molecule has 0 aliphatic carbocycles. The first-order chi connectivity index (χ1) is 13.2. The molecule has 1 aromatic heterocycles. The van der Waals surface area contributed by atoms with Crippen molar-refractivity contribution in [1.82, 2.24) is 19.7 Å². The second-order valence-corrected chi connectivity index (χ2v) is 8.66. The van der Waals surface area contributed by atoms with E-state index in [2.05, 4.69) is 14.8 Å². The zero-order valence-electron chi connectivity index (χ0n) is 15.7. The van der Waals surface area contributed by atoms with Crippen LogP contribution in [0.1, 0.15) is 60.0 Å². The number of hydrogen-bond donors (Lipinski definition) is 0. The monoisotopic (exact) mass is 404 g/mol. The Hall–Kier alpha value is -1.53. The summed E-state index contributed by atoms with van der Waals surface area (Å²) in [5, 5.41) is 9.49. The van der Waals surface area contributed by atoms with Crippen molar-refractivity contribution in [2.24, 2.45) is 0 Å². The first kappa shape index (κ1) is 18.8. The summed E-state index contributed by atoms with van der Waals surface area (Å²) < 4.78 is 2.31. The number of halogens is 1. The Kier molecular flexibility index (Phi) is 5.74. The molecular weight excluding hydrogens is 380 g/mol. The lowest BCUT2D eigenvalue weighted by molar-refractivity contribution is 0.0703. The predicted octanol–water partition coefficient (Wildman–Crippen LogP) is 4.40. The summed E-state index contributed by atoms with van der Waals surface area (Å²) in [6, 6.07) is 5.68. The largest absolute Gasteiger partial charge is 0.338 e. The molecule has 2 aromatic rings. The first-order valence-electron chi connectivity index (χ1n) is 9.72. The molecule has 4 rings (SSSR count). The van der Waals surface area contributed by atoms with E-state index in [-0.39, 0.29) is 11.8 Å². The van der Waals surface area contributed by atoms with Gasteiger partial charge in [0.1, 0.15) is 11.6 Å². The molecule has 0 N–H and O–H groups in total. The van der Waals surface area contributed by atoms with Gasteiger partial charge in [-0.2, -0.15) is 0 Å². The maximum absolute atomic E-state index is 13.1. The van der Waals surface area contributed by atoms with E-state index in [1.54, 1.807) is 11.8 Å². The molecule has 7 heteroatoms. The third kappa shape index (κ3) is 3.87. The van der Waals surface area contributed by atoms with E-state index in [4.69, 9.17) is 11.6 Å². The number of thioether (sulfide) groups is 1. The maximum Gasteiger partial charge on any atom is 0.255 e. The van der Waals surface area contributed by atoms with Crippen LogP contribution in [0, 0.1) is 0 Å². The fourth-order valence-corrected chi connectivity index (χ4v) is 4.79. The van der Waals surface area contributed by atoms with Gasteiger partial charge in [-0.15, -0.1) is 22.0 Å². The molecule has 0 spiro atoms. The van der Waals surface area contributed by atoms with Gasteiger partial charge in [0.15, 0.2) is 0 Å². The van der Waals surface area contributed by atoms with Crippen LogP contribution in [0.25, 0.3) is 0 Å². The summed E-state index contributed by atoms with van der Waals surface area (Å²) in [6.07, 6.45) is 8.69. The minimum atomic E-state index is 0.0243. The van der Waals surface area contributed by atoms with Crippen LogP contribution in [0.5, 0.6) is 0 Å². The Morgan fingerprint density at radius 2 is 2.07 bits per heavy atom. The molecule has 1 atom stereocenters. The number of aryl methyl sites for hydroxylation is 1. The number of piperidine rings is 1. The number of carbonyl (C=O) groups is 1. The summed E-state index contributed by atoms with van der Waals surface area (Å²) in [7, 11) is 0. The van der Waals surface area contributed by atoms with Gasteiger partial charge in [-0.05, 0) is 50.1 Å². The van der Waals surface area contributed by atoms with Crippen molar-refractivity contribution in [2.75, 3.05) is 19.3 Å². The van der Waals surface area contributed by atoms with E-state index in [1.165, 1.54) is 19.3 Å². The van der Waals surface area contributed by atoms with Crippen molar-refractivity contribution in [1.29, 1.82) is 0 Å². The van der Waals surface area contributed by atoms with Gasteiger partial charge in [0.05, 0.1) is 10.6 Å². The Morgan fingerprint density at radius 3 is 2.93 bits per heavy atom. The fraction of sp³-hybridized carbons (Fsp3) is 0.550. The van der Waals surface area contributed by atoms with Gasteiger partial charge in [-0.3, -0.25) is 4.79 Å². The number of rotatable bonds is 3. The van der Waals surface area contributed by atoms with Gasteiger partial charge in [0.2, 0.25) is 0 Å². The topological polar surface area (TPSA) is 51.0 Å². The van der Waals surface area contributed by atoms with E-state index in [1.807, 2.05) is 29.4 Å². The van der Waals surface area contributed by atoms with E-state index in [0.717, 1.165) is 48.9 Å². The van der Waals surface area contributed by atoms with Crippen LogP contribution in [0.4, 0.5) is 0 Å². The average Bonchev–Trinajstić information content (AvgIpc) is 2.96. The van der Waals surface area contributed by atoms with Gasteiger partial charge in [0.25, 0.3) is 5.91 Å². The van der Waals surface area contributed by atoms with E-state index in [0.29, 0.717) is 17.1 Å². The van der Waals surface area contributed by atoms with Crippen molar-refractivity contribution in [3.63, 3.8) is 0 Å². The molecule has 1 fully saturated rings. The van der Waals surface area contributed by atoms with Crippen molar-refractivity contribution in [3.8, 4) is 0 Å². The molecule has 1 aromatic carbocycles. The molecule has 1 amide bonds. The summed E-state index contributed by atoms with van der Waals surface area (Å²) in [4.78, 5) is 16.1. The Bertz CT molecular complexity index is 837. The highest BCUT2D eigenvalue weighted by Crippen LogP contribution is 2.30. The van der Waals surface area contributed by atoms with Crippen molar-refractivity contribution >= 4 is 29.3 Å². The first-order valence-corrected chi connectivity index (χ1v) is 11.3. The highest BCUT2D eigenvalue weighted by atomic mass is 35.5. The average molecular weight is 405 g/mol. The second kappa shape index (κ2) is 8.23. The molecule has 0 bridgehead atoms. The Balaban J connectivity index is 1.55. The lowest BCUT2D eigenvalue weighted by atomic mass is 9.96. The zero-order valence-corrected chi connectivity index (χ0v) is 17.2. The number of amides is 1. The minimum absolute atomic E-state index is 0.0243. The van der Waals surface area contributed by atoms with Crippen molar-refractivity contribution < 1.29 is 4.79 Å². The smallest absolute Gasteiger partial charge is 0.255 e. The molecule has 144 valence electrons. The second-order valence-electron chi connectivity index (χ2n) is 7.37. The fourth-order valence-electron chi connectivity index (χ4n) is 4.15. The minimum Gasteiger partial charge on any atom is -0.338 e. The summed E-state index contributed by atoms with van der Waals surface area (Å²) in [5.41, 5.74) is 0.601. The van der Waals surface area contributed by atoms with Crippen LogP contribution in [-0.4, -0.2) is 44.9 Å². The van der Waals surface area contributed by atoms with Gasteiger partial charge < -0.3 is 9.47 Å². The number of carbonyl (C=O) groups excluding carboxylic acids is 1. The highest BCUT2D eigenvalue weighted by Gasteiger charge is 2.30. The predicted molar refractivity (Wildman–Crippen MR) is 109 cm³/mol. The van der Waals surface area contributed by atoms with Crippen LogP contribution in [0.2, 0.25) is 5.02 Å². The van der Waals surface area contributed by atoms with Crippen LogP contribution in [-0.2, 0) is 13.0 Å². The third-order valence-electron chi connectivity index (χ3n) is 5.62. The number of hydrogen-bond acceptors (Lipinski definition) is 4. The molecule has 27 heavy (non-hydrogen) atoms. The van der Waals surface area contributed by atoms with Crippen molar-refractivity contribution in [2.45, 2.75) is 55.9 Å². The van der Waals surface area contributed by atoms with Gasteiger partial charge in [0, 0.05) is 36.9 Å². The van der Waals surface area contributed by atoms with Crippen LogP contribution in [0.3, 0.4) is 0 Å². The van der Waals surface area contributed by atoms with Gasteiger partial charge >= 0.3 is 0 Å².